The van der Waals surface area contributed by atoms with Crippen LogP contribution in [0.2, 0.25) is 0 Å². The first-order chi connectivity index (χ1) is 13.0. The molecule has 1 aromatic carbocycles. The van der Waals surface area contributed by atoms with Crippen molar-refractivity contribution in [1.29, 1.82) is 0 Å². The second-order valence-electron chi connectivity index (χ2n) is 5.91. The number of hydrogen-bond donors (Lipinski definition) is 2. The quantitative estimate of drug-likeness (QED) is 0.688. The van der Waals surface area contributed by atoms with Gasteiger partial charge in [0.25, 0.3) is 0 Å². The number of aromatic nitrogens is 2. The third kappa shape index (κ3) is 5.88. The molecular weight excluding hydrogens is 391 g/mol. The summed E-state index contributed by atoms with van der Waals surface area (Å²) >= 11 is 2.59. The maximum Gasteiger partial charge on any atom is 0.238 e. The van der Waals surface area contributed by atoms with Crippen LogP contribution in [0.15, 0.2) is 28.6 Å². The number of benzene rings is 1. The van der Waals surface area contributed by atoms with Gasteiger partial charge in [0.05, 0.1) is 12.3 Å². The van der Waals surface area contributed by atoms with E-state index in [1.807, 2.05) is 4.90 Å². The van der Waals surface area contributed by atoms with Crippen LogP contribution in [-0.2, 0) is 9.59 Å². The minimum Gasteiger partial charge on any atom is -0.374 e. The second-order valence-corrected chi connectivity index (χ2v) is 8.14. The average Bonchev–Trinajstić information content (AvgIpc) is 3.07. The molecule has 0 aliphatic carbocycles. The fourth-order valence-corrected chi connectivity index (χ4v) is 4.12. The van der Waals surface area contributed by atoms with Crippen molar-refractivity contribution in [3.05, 3.63) is 30.1 Å². The van der Waals surface area contributed by atoms with Crippen LogP contribution < -0.4 is 11.1 Å². The highest BCUT2D eigenvalue weighted by Crippen LogP contribution is 2.23. The summed E-state index contributed by atoms with van der Waals surface area (Å²) < 4.78 is 13.6. The van der Waals surface area contributed by atoms with Gasteiger partial charge < -0.3 is 16.0 Å². The van der Waals surface area contributed by atoms with Gasteiger partial charge in [-0.3, -0.25) is 14.5 Å². The van der Waals surface area contributed by atoms with Crippen LogP contribution in [0.5, 0.6) is 0 Å². The van der Waals surface area contributed by atoms with Crippen LogP contribution >= 0.6 is 23.1 Å². The number of carbonyl (C=O) groups excluding carboxylic acids is 2. The van der Waals surface area contributed by atoms with Crippen LogP contribution in [0, 0.1) is 5.82 Å². The largest absolute Gasteiger partial charge is 0.374 e. The molecule has 1 aliphatic rings. The molecule has 3 N–H and O–H groups in total. The fraction of sp³-hybridized carbons (Fsp3) is 0.375. The van der Waals surface area contributed by atoms with Gasteiger partial charge in [0.15, 0.2) is 4.34 Å². The van der Waals surface area contributed by atoms with Crippen molar-refractivity contribution < 1.29 is 14.0 Å². The Morgan fingerprint density at radius 1 is 1.19 bits per heavy atom. The predicted molar refractivity (Wildman–Crippen MR) is 103 cm³/mol. The van der Waals surface area contributed by atoms with E-state index in [2.05, 4.69) is 15.5 Å². The highest BCUT2D eigenvalue weighted by Gasteiger charge is 2.22. The number of thioether (sulfide) groups is 1. The Labute approximate surface area is 163 Å². The van der Waals surface area contributed by atoms with Gasteiger partial charge in [0.1, 0.15) is 5.82 Å². The molecule has 3 rings (SSSR count). The summed E-state index contributed by atoms with van der Waals surface area (Å²) in [4.78, 5) is 28.1. The van der Waals surface area contributed by atoms with E-state index < -0.39 is 0 Å². The Morgan fingerprint density at radius 3 is 2.52 bits per heavy atom. The first kappa shape index (κ1) is 19.5. The van der Waals surface area contributed by atoms with Crippen molar-refractivity contribution in [2.75, 3.05) is 49.5 Å². The van der Waals surface area contributed by atoms with Gasteiger partial charge in [-0.15, -0.1) is 10.2 Å². The van der Waals surface area contributed by atoms with Gasteiger partial charge in [-0.2, -0.15) is 0 Å². The van der Waals surface area contributed by atoms with Crippen LogP contribution in [0.1, 0.15) is 0 Å². The highest BCUT2D eigenvalue weighted by atomic mass is 32.2. The lowest BCUT2D eigenvalue weighted by Crippen LogP contribution is -2.50. The number of carbonyl (C=O) groups is 2. The monoisotopic (exact) mass is 410 g/mol. The molecule has 8 nitrogen and oxygen atoms in total. The van der Waals surface area contributed by atoms with Crippen molar-refractivity contribution in [2.24, 2.45) is 0 Å². The van der Waals surface area contributed by atoms with Crippen molar-refractivity contribution in [2.45, 2.75) is 4.34 Å². The van der Waals surface area contributed by atoms with E-state index >= 15 is 0 Å². The highest BCUT2D eigenvalue weighted by molar-refractivity contribution is 8.01. The van der Waals surface area contributed by atoms with E-state index in [9.17, 15) is 14.0 Å². The predicted octanol–water partition coefficient (Wildman–Crippen LogP) is 1.13. The number of hydrogen-bond acceptors (Lipinski definition) is 8. The summed E-state index contributed by atoms with van der Waals surface area (Å²) in [5.74, 6) is -0.184. The summed E-state index contributed by atoms with van der Waals surface area (Å²) in [6.45, 7) is 2.62. The fourth-order valence-electron chi connectivity index (χ4n) is 2.59. The van der Waals surface area contributed by atoms with Crippen LogP contribution in [0.4, 0.5) is 15.2 Å². The Morgan fingerprint density at radius 2 is 1.89 bits per heavy atom. The van der Waals surface area contributed by atoms with Gasteiger partial charge in [0, 0.05) is 31.9 Å². The molecule has 1 fully saturated rings. The Hall–Kier alpha value is -2.24. The third-order valence-corrected chi connectivity index (χ3v) is 5.83. The molecule has 1 saturated heterocycles. The molecule has 1 aromatic heterocycles. The first-order valence-corrected chi connectivity index (χ1v) is 10.1. The molecule has 0 radical (unpaired) electrons. The zero-order valence-electron chi connectivity index (χ0n) is 14.4. The Bertz CT molecular complexity index is 792. The molecule has 0 spiro atoms. The third-order valence-electron chi connectivity index (χ3n) is 3.96. The van der Waals surface area contributed by atoms with Crippen molar-refractivity contribution in [1.82, 2.24) is 20.0 Å². The van der Waals surface area contributed by atoms with E-state index in [-0.39, 0.29) is 24.2 Å². The zero-order chi connectivity index (χ0) is 19.2. The SMILES string of the molecule is Nc1nnc(SCC(=O)N2CCN(CC(=O)Nc3ccc(F)cc3)CC2)s1. The molecular formula is C16H19FN6O2S2. The van der Waals surface area contributed by atoms with Gasteiger partial charge in [-0.05, 0) is 24.3 Å². The summed E-state index contributed by atoms with van der Waals surface area (Å²) in [5, 5.41) is 10.7. The van der Waals surface area contributed by atoms with Crippen LogP contribution in [0.3, 0.4) is 0 Å². The number of amides is 2. The number of rotatable bonds is 6. The average molecular weight is 411 g/mol. The van der Waals surface area contributed by atoms with Crippen LogP contribution in [-0.4, -0.2) is 70.3 Å². The normalized spacial score (nSPS) is 14.9. The lowest BCUT2D eigenvalue weighted by Gasteiger charge is -2.34. The minimum atomic E-state index is -0.346. The van der Waals surface area contributed by atoms with Crippen LogP contribution in [0.25, 0.3) is 0 Å². The molecule has 0 bridgehead atoms. The number of nitrogens with one attached hydrogen (secondary N) is 1. The number of piperazine rings is 1. The van der Waals surface area contributed by atoms with Gasteiger partial charge >= 0.3 is 0 Å². The molecule has 2 amide bonds. The molecule has 2 heterocycles. The molecule has 0 atom stereocenters. The molecule has 0 saturated carbocycles. The number of nitrogen functional groups attached to an aromatic ring is 1. The van der Waals surface area contributed by atoms with E-state index in [4.69, 9.17) is 5.73 Å². The minimum absolute atomic E-state index is 0.0317. The van der Waals surface area contributed by atoms with Crippen molar-refractivity contribution in [3.63, 3.8) is 0 Å². The van der Waals surface area contributed by atoms with E-state index in [0.29, 0.717) is 47.1 Å². The molecule has 27 heavy (non-hydrogen) atoms. The smallest absolute Gasteiger partial charge is 0.238 e. The summed E-state index contributed by atoms with van der Waals surface area (Å²) in [6.07, 6.45) is 0. The second kappa shape index (κ2) is 9.11. The summed E-state index contributed by atoms with van der Waals surface area (Å²) in [7, 11) is 0. The standard InChI is InChI=1S/C16H19FN6O2S2/c17-11-1-3-12(4-2-11)19-13(24)9-22-5-7-23(8-6-22)14(25)10-26-16-21-20-15(18)27-16/h1-4H,5-10H2,(H2,18,20)(H,19,24). The number of nitrogens with two attached hydrogens (primary N) is 1. The molecule has 11 heteroatoms. The number of anilines is 2. The van der Waals surface area contributed by atoms with Crippen molar-refractivity contribution in [3.8, 4) is 0 Å². The molecule has 1 aliphatic heterocycles. The maximum absolute atomic E-state index is 12.9. The van der Waals surface area contributed by atoms with Gasteiger partial charge in [-0.25, -0.2) is 4.39 Å². The summed E-state index contributed by atoms with van der Waals surface area (Å²) in [6, 6.07) is 5.64. The maximum atomic E-state index is 12.9. The number of halogens is 1. The zero-order valence-corrected chi connectivity index (χ0v) is 16.1. The summed E-state index contributed by atoms with van der Waals surface area (Å²) in [5.41, 5.74) is 6.08. The first-order valence-electron chi connectivity index (χ1n) is 8.27. The Kier molecular flexibility index (Phi) is 6.58. The van der Waals surface area contributed by atoms with E-state index in [0.717, 1.165) is 0 Å². The molecule has 0 unspecified atom stereocenters. The lowest BCUT2D eigenvalue weighted by molar-refractivity contribution is -0.130. The van der Waals surface area contributed by atoms with E-state index in [1.54, 1.807) is 4.90 Å². The van der Waals surface area contributed by atoms with Gasteiger partial charge in [0.2, 0.25) is 16.9 Å². The molecule has 144 valence electrons. The lowest BCUT2D eigenvalue weighted by atomic mass is 10.3. The van der Waals surface area contributed by atoms with Crippen molar-refractivity contribution >= 4 is 45.7 Å². The number of nitrogens with zero attached hydrogens (tertiary/aromatic N) is 4. The topological polar surface area (TPSA) is 104 Å². The molecule has 2 aromatic rings. The van der Waals surface area contributed by atoms with E-state index in [1.165, 1.54) is 47.4 Å². The Balaban J connectivity index is 1.38. The van der Waals surface area contributed by atoms with Gasteiger partial charge in [-0.1, -0.05) is 23.1 Å².